The molecule has 2 rings (SSSR count). The van der Waals surface area contributed by atoms with Gasteiger partial charge in [0.25, 0.3) is 5.89 Å². The third-order valence-electron chi connectivity index (χ3n) is 2.39. The minimum atomic E-state index is -2.87. The van der Waals surface area contributed by atoms with Crippen LogP contribution in [-0.2, 0) is 17.5 Å². The van der Waals surface area contributed by atoms with Crippen molar-refractivity contribution in [1.29, 1.82) is 0 Å². The molecule has 1 heterocycles. The van der Waals surface area contributed by atoms with Crippen LogP contribution < -0.4 is 4.72 Å². The van der Waals surface area contributed by atoms with Crippen LogP contribution in [0, 0.1) is 5.82 Å². The quantitative estimate of drug-likeness (QED) is 0.919. The summed E-state index contributed by atoms with van der Waals surface area (Å²) >= 11 is 0. The monoisotopic (exact) mass is 305 g/mol. The van der Waals surface area contributed by atoms with Gasteiger partial charge in [0.15, 0.2) is 0 Å². The van der Waals surface area contributed by atoms with Crippen molar-refractivity contribution < 1.29 is 21.8 Å². The highest BCUT2D eigenvalue weighted by molar-refractivity contribution is 7.82. The fraction of sp³-hybridized carbons (Fsp3) is 0.273. The molecule has 0 aliphatic heterocycles. The Bertz CT molecular complexity index is 633. The summed E-state index contributed by atoms with van der Waals surface area (Å²) in [6.45, 7) is 0.0847. The van der Waals surface area contributed by atoms with Crippen LogP contribution in [0.15, 0.2) is 22.6 Å². The molecule has 0 amide bonds. The third-order valence-corrected chi connectivity index (χ3v) is 2.94. The number of nitrogens with zero attached hydrogens (tertiary/aromatic N) is 2. The van der Waals surface area contributed by atoms with Gasteiger partial charge in [0.2, 0.25) is 5.89 Å². The summed E-state index contributed by atoms with van der Waals surface area (Å²) in [5.41, 5.74) is 0.487. The minimum Gasteiger partial charge on any atom is -0.415 e. The molecule has 0 radical (unpaired) electrons. The lowest BCUT2D eigenvalue weighted by Crippen LogP contribution is -2.15. The number of halogens is 3. The third kappa shape index (κ3) is 3.42. The van der Waals surface area contributed by atoms with Crippen LogP contribution >= 0.6 is 0 Å². The number of rotatable bonds is 5. The second-order valence-electron chi connectivity index (χ2n) is 3.83. The summed E-state index contributed by atoms with van der Waals surface area (Å²) in [5.74, 6) is -1.58. The second-order valence-corrected chi connectivity index (χ2v) is 5.02. The van der Waals surface area contributed by atoms with Crippen molar-refractivity contribution in [2.24, 2.45) is 0 Å². The second kappa shape index (κ2) is 6.14. The Balaban J connectivity index is 2.21. The minimum absolute atomic E-state index is 0.0847. The van der Waals surface area contributed by atoms with Gasteiger partial charge in [-0.25, -0.2) is 13.3 Å². The summed E-state index contributed by atoms with van der Waals surface area (Å²) in [5, 5.41) is 6.59. The van der Waals surface area contributed by atoms with Gasteiger partial charge in [-0.1, -0.05) is 6.07 Å². The summed E-state index contributed by atoms with van der Waals surface area (Å²) in [7, 11) is -1.26. The summed E-state index contributed by atoms with van der Waals surface area (Å²) in [6.07, 6.45) is -1.44. The first-order chi connectivity index (χ1) is 9.47. The van der Waals surface area contributed by atoms with Crippen LogP contribution in [0.3, 0.4) is 0 Å². The molecule has 0 saturated carbocycles. The van der Waals surface area contributed by atoms with Crippen molar-refractivity contribution in [3.63, 3.8) is 0 Å². The highest BCUT2D eigenvalue weighted by atomic mass is 32.2. The number of hydrogen-bond acceptors (Lipinski definition) is 4. The summed E-state index contributed by atoms with van der Waals surface area (Å²) < 4.78 is 56.5. The van der Waals surface area contributed by atoms with Gasteiger partial charge in [-0.2, -0.15) is 8.78 Å². The topological polar surface area (TPSA) is 68.0 Å². The molecule has 20 heavy (non-hydrogen) atoms. The molecule has 2 aromatic rings. The Kier molecular flexibility index (Phi) is 4.50. The van der Waals surface area contributed by atoms with Crippen molar-refractivity contribution in [1.82, 2.24) is 14.9 Å². The van der Waals surface area contributed by atoms with E-state index in [1.165, 1.54) is 18.4 Å². The Labute approximate surface area is 114 Å². The Hall–Kier alpha value is -1.74. The molecule has 1 aromatic carbocycles. The van der Waals surface area contributed by atoms with Crippen LogP contribution in [0.25, 0.3) is 11.5 Å². The number of alkyl halides is 2. The molecule has 1 aromatic heterocycles. The summed E-state index contributed by atoms with van der Waals surface area (Å²) in [6, 6.07) is 3.98. The normalized spacial score (nSPS) is 12.8. The smallest absolute Gasteiger partial charge is 0.314 e. The standard InChI is InChI=1S/C11H10F3N3O2S/c1-20(18)15-5-7-3-2-6(4-8(7)12)10-16-17-11(19-10)9(13)14/h2-4,9,15H,5H2,1H3. The lowest BCUT2D eigenvalue weighted by molar-refractivity contribution is 0.116. The molecule has 1 N–H and O–H groups in total. The first kappa shape index (κ1) is 14.7. The van der Waals surface area contributed by atoms with Gasteiger partial charge < -0.3 is 4.42 Å². The Morgan fingerprint density at radius 3 is 2.70 bits per heavy atom. The van der Waals surface area contributed by atoms with E-state index in [-0.39, 0.29) is 23.6 Å². The SMILES string of the molecule is CS(=O)NCc1ccc(-c2nnc(C(F)F)o2)cc1F. The van der Waals surface area contributed by atoms with E-state index in [2.05, 4.69) is 14.9 Å². The fourth-order valence-electron chi connectivity index (χ4n) is 1.44. The zero-order valence-corrected chi connectivity index (χ0v) is 11.1. The predicted octanol–water partition coefficient (Wildman–Crippen LogP) is 2.20. The first-order valence-corrected chi connectivity index (χ1v) is 7.00. The predicted molar refractivity (Wildman–Crippen MR) is 65.6 cm³/mol. The van der Waals surface area contributed by atoms with E-state index < -0.39 is 29.1 Å². The Morgan fingerprint density at radius 1 is 1.40 bits per heavy atom. The molecule has 0 fully saturated rings. The van der Waals surface area contributed by atoms with Crippen LogP contribution in [0.1, 0.15) is 17.9 Å². The number of aromatic nitrogens is 2. The van der Waals surface area contributed by atoms with Crippen LogP contribution in [0.2, 0.25) is 0 Å². The van der Waals surface area contributed by atoms with Gasteiger partial charge in [0.05, 0.1) is 11.0 Å². The molecule has 5 nitrogen and oxygen atoms in total. The van der Waals surface area contributed by atoms with Crippen LogP contribution in [0.5, 0.6) is 0 Å². The molecule has 0 spiro atoms. The highest BCUT2D eigenvalue weighted by Crippen LogP contribution is 2.24. The van der Waals surface area contributed by atoms with Crippen LogP contribution in [-0.4, -0.2) is 20.7 Å². The zero-order chi connectivity index (χ0) is 14.7. The van der Waals surface area contributed by atoms with E-state index in [9.17, 15) is 17.4 Å². The molecule has 0 aliphatic carbocycles. The van der Waals surface area contributed by atoms with Crippen molar-refractivity contribution in [3.05, 3.63) is 35.5 Å². The lowest BCUT2D eigenvalue weighted by Gasteiger charge is -2.04. The molecule has 1 atom stereocenters. The maximum Gasteiger partial charge on any atom is 0.314 e. The zero-order valence-electron chi connectivity index (χ0n) is 10.3. The van der Waals surface area contributed by atoms with Gasteiger partial charge in [-0.05, 0) is 12.1 Å². The van der Waals surface area contributed by atoms with Crippen LogP contribution in [0.4, 0.5) is 13.2 Å². The van der Waals surface area contributed by atoms with E-state index >= 15 is 0 Å². The maximum atomic E-state index is 13.8. The maximum absolute atomic E-state index is 13.8. The lowest BCUT2D eigenvalue weighted by atomic mass is 10.1. The average Bonchev–Trinajstić information content (AvgIpc) is 2.86. The van der Waals surface area contributed by atoms with E-state index in [4.69, 9.17) is 4.42 Å². The average molecular weight is 305 g/mol. The molecular weight excluding hydrogens is 295 g/mol. The van der Waals surface area contributed by atoms with Gasteiger partial charge in [0, 0.05) is 23.9 Å². The van der Waals surface area contributed by atoms with Crippen molar-refractivity contribution in [2.75, 3.05) is 6.26 Å². The van der Waals surface area contributed by atoms with Gasteiger partial charge >= 0.3 is 6.43 Å². The molecule has 1 unspecified atom stereocenters. The van der Waals surface area contributed by atoms with Crippen molar-refractivity contribution in [2.45, 2.75) is 13.0 Å². The van der Waals surface area contributed by atoms with Crippen molar-refractivity contribution >= 4 is 11.0 Å². The fourth-order valence-corrected chi connectivity index (χ4v) is 1.80. The number of benzene rings is 1. The van der Waals surface area contributed by atoms with E-state index in [1.54, 1.807) is 0 Å². The number of nitrogens with one attached hydrogen (secondary N) is 1. The van der Waals surface area contributed by atoms with Gasteiger partial charge in [-0.15, -0.1) is 10.2 Å². The molecule has 9 heteroatoms. The molecule has 0 aliphatic rings. The largest absolute Gasteiger partial charge is 0.415 e. The first-order valence-electron chi connectivity index (χ1n) is 5.44. The number of hydrogen-bond donors (Lipinski definition) is 1. The van der Waals surface area contributed by atoms with Gasteiger partial charge in [-0.3, -0.25) is 0 Å². The van der Waals surface area contributed by atoms with Crippen molar-refractivity contribution in [3.8, 4) is 11.5 Å². The molecule has 0 saturated heterocycles. The Morgan fingerprint density at radius 2 is 2.15 bits per heavy atom. The summed E-state index contributed by atoms with van der Waals surface area (Å²) in [4.78, 5) is 0. The van der Waals surface area contributed by atoms with E-state index in [0.717, 1.165) is 6.07 Å². The highest BCUT2D eigenvalue weighted by Gasteiger charge is 2.17. The molecular formula is C11H10F3N3O2S. The molecule has 108 valence electrons. The van der Waals surface area contributed by atoms with E-state index in [1.807, 2.05) is 0 Å². The van der Waals surface area contributed by atoms with E-state index in [0.29, 0.717) is 0 Å². The molecule has 0 bridgehead atoms. The van der Waals surface area contributed by atoms with Gasteiger partial charge in [0.1, 0.15) is 5.82 Å².